The van der Waals surface area contributed by atoms with E-state index in [2.05, 4.69) is 10.4 Å². The topological polar surface area (TPSA) is 101 Å². The molecule has 3 aromatic rings. The van der Waals surface area contributed by atoms with Crippen molar-refractivity contribution in [1.29, 1.82) is 0 Å². The monoisotopic (exact) mass is 386 g/mol. The molecule has 9 heteroatoms. The summed E-state index contributed by atoms with van der Waals surface area (Å²) in [6.45, 7) is -0.333. The van der Waals surface area contributed by atoms with E-state index in [4.69, 9.17) is 0 Å². The lowest BCUT2D eigenvalue weighted by Gasteiger charge is -2.15. The zero-order valence-corrected chi connectivity index (χ0v) is 15.6. The smallest absolute Gasteiger partial charge is 0.275 e. The van der Waals surface area contributed by atoms with E-state index < -0.39 is 21.5 Å². The molecule has 0 bridgehead atoms. The Morgan fingerprint density at radius 3 is 2.52 bits per heavy atom. The van der Waals surface area contributed by atoms with Crippen LogP contribution in [-0.4, -0.2) is 42.5 Å². The Kier molecular flexibility index (Phi) is 5.06. The van der Waals surface area contributed by atoms with Gasteiger partial charge in [0.1, 0.15) is 11.4 Å². The van der Waals surface area contributed by atoms with Crippen molar-refractivity contribution in [3.8, 4) is 0 Å². The number of nitrogens with one attached hydrogen (secondary N) is 1. The summed E-state index contributed by atoms with van der Waals surface area (Å²) in [4.78, 5) is 24.8. The molecular weight excluding hydrogens is 368 g/mol. The van der Waals surface area contributed by atoms with Gasteiger partial charge in [-0.3, -0.25) is 9.59 Å². The molecule has 0 aliphatic heterocycles. The van der Waals surface area contributed by atoms with Gasteiger partial charge >= 0.3 is 0 Å². The molecule has 1 amide bonds. The van der Waals surface area contributed by atoms with Gasteiger partial charge in [0.25, 0.3) is 5.56 Å². The van der Waals surface area contributed by atoms with Gasteiger partial charge in [0.05, 0.1) is 17.3 Å². The largest absolute Gasteiger partial charge is 0.323 e. The molecule has 27 heavy (non-hydrogen) atoms. The minimum absolute atomic E-state index is 0.0258. The summed E-state index contributed by atoms with van der Waals surface area (Å²) in [6.07, 6.45) is 1.51. The van der Waals surface area contributed by atoms with E-state index in [1.807, 2.05) is 0 Å². The number of carbonyl (C=O) groups excluding carboxylic acids is 1. The maximum Gasteiger partial charge on any atom is 0.275 e. The van der Waals surface area contributed by atoms with Crippen molar-refractivity contribution in [2.24, 2.45) is 0 Å². The number of nitrogens with zero attached hydrogens (tertiary/aromatic N) is 3. The highest BCUT2D eigenvalue weighted by Gasteiger charge is 2.22. The lowest BCUT2D eigenvalue weighted by Crippen LogP contribution is -2.30. The van der Waals surface area contributed by atoms with E-state index in [0.29, 0.717) is 10.8 Å². The van der Waals surface area contributed by atoms with E-state index in [9.17, 15) is 18.0 Å². The molecule has 0 aliphatic carbocycles. The summed E-state index contributed by atoms with van der Waals surface area (Å²) in [5.74, 6) is -0.554. The predicted molar refractivity (Wildman–Crippen MR) is 102 cm³/mol. The van der Waals surface area contributed by atoms with Crippen molar-refractivity contribution in [2.75, 3.05) is 19.4 Å². The summed E-state index contributed by atoms with van der Waals surface area (Å²) in [5.41, 5.74) is -0.248. The zero-order valence-electron chi connectivity index (χ0n) is 14.8. The highest BCUT2D eigenvalue weighted by Crippen LogP contribution is 2.23. The SMILES string of the molecule is CN(C)S(=O)(=O)c1ccccc1NC(=O)Cn1ncc2ccccc2c1=O. The van der Waals surface area contributed by atoms with Crippen molar-refractivity contribution in [3.05, 3.63) is 65.1 Å². The molecule has 1 N–H and O–H groups in total. The van der Waals surface area contributed by atoms with Crippen LogP contribution in [-0.2, 0) is 21.4 Å². The first kappa shape index (κ1) is 18.7. The fourth-order valence-electron chi connectivity index (χ4n) is 2.56. The van der Waals surface area contributed by atoms with Crippen molar-refractivity contribution >= 4 is 32.4 Å². The summed E-state index contributed by atoms with van der Waals surface area (Å²) >= 11 is 0. The number of amides is 1. The van der Waals surface area contributed by atoms with E-state index in [0.717, 1.165) is 8.99 Å². The van der Waals surface area contributed by atoms with Gasteiger partial charge in [0, 0.05) is 19.5 Å². The Morgan fingerprint density at radius 1 is 1.11 bits per heavy atom. The van der Waals surface area contributed by atoms with Gasteiger partial charge in [-0.2, -0.15) is 5.10 Å². The lowest BCUT2D eigenvalue weighted by molar-refractivity contribution is -0.117. The first-order valence-electron chi connectivity index (χ1n) is 8.07. The molecule has 0 spiro atoms. The first-order valence-corrected chi connectivity index (χ1v) is 9.51. The number of sulfonamides is 1. The highest BCUT2D eigenvalue weighted by atomic mass is 32.2. The minimum Gasteiger partial charge on any atom is -0.323 e. The van der Waals surface area contributed by atoms with Gasteiger partial charge < -0.3 is 5.32 Å². The van der Waals surface area contributed by atoms with Crippen LogP contribution in [0.2, 0.25) is 0 Å². The van der Waals surface area contributed by atoms with Crippen LogP contribution in [0.25, 0.3) is 10.8 Å². The standard InChI is InChI=1S/C18H18N4O4S/c1-21(2)27(25,26)16-10-6-5-9-15(16)20-17(23)12-22-18(24)14-8-4-3-7-13(14)11-19-22/h3-11H,12H2,1-2H3,(H,20,23). The number of rotatable bonds is 5. The molecule has 1 heterocycles. The minimum atomic E-state index is -3.73. The molecule has 0 atom stereocenters. The molecule has 0 aliphatic rings. The van der Waals surface area contributed by atoms with Gasteiger partial charge in [-0.05, 0) is 18.2 Å². The van der Waals surface area contributed by atoms with Crippen molar-refractivity contribution in [3.63, 3.8) is 0 Å². The van der Waals surface area contributed by atoms with Crippen LogP contribution in [0.5, 0.6) is 0 Å². The number of hydrogen-bond acceptors (Lipinski definition) is 5. The maximum absolute atomic E-state index is 12.4. The van der Waals surface area contributed by atoms with Crippen LogP contribution in [0.4, 0.5) is 5.69 Å². The predicted octanol–water partition coefficient (Wildman–Crippen LogP) is 1.29. The molecular formula is C18H18N4O4S. The van der Waals surface area contributed by atoms with E-state index in [1.165, 1.54) is 32.4 Å². The Hall–Kier alpha value is -3.04. The van der Waals surface area contributed by atoms with E-state index in [1.54, 1.807) is 36.4 Å². The highest BCUT2D eigenvalue weighted by molar-refractivity contribution is 7.89. The quantitative estimate of drug-likeness (QED) is 0.712. The molecule has 3 rings (SSSR count). The number of hydrogen-bond donors (Lipinski definition) is 1. The van der Waals surface area contributed by atoms with Crippen LogP contribution in [0.3, 0.4) is 0 Å². The van der Waals surface area contributed by atoms with Gasteiger partial charge in [-0.1, -0.05) is 30.3 Å². The van der Waals surface area contributed by atoms with Crippen molar-refractivity contribution in [1.82, 2.24) is 14.1 Å². The number of aromatic nitrogens is 2. The fraction of sp³-hybridized carbons (Fsp3) is 0.167. The Bertz CT molecular complexity index is 1170. The normalized spacial score (nSPS) is 11.7. The van der Waals surface area contributed by atoms with Gasteiger partial charge in [-0.15, -0.1) is 0 Å². The molecule has 0 unspecified atom stereocenters. The Morgan fingerprint density at radius 2 is 1.78 bits per heavy atom. The zero-order chi connectivity index (χ0) is 19.6. The molecule has 140 valence electrons. The Balaban J connectivity index is 1.88. The summed E-state index contributed by atoms with van der Waals surface area (Å²) < 4.78 is 26.9. The Labute approximate surface area is 156 Å². The molecule has 2 aromatic carbocycles. The van der Waals surface area contributed by atoms with Crippen LogP contribution in [0, 0.1) is 0 Å². The second-order valence-electron chi connectivity index (χ2n) is 6.03. The molecule has 0 saturated carbocycles. The van der Waals surface area contributed by atoms with Crippen LogP contribution in [0.15, 0.2) is 64.4 Å². The number of benzene rings is 2. The summed E-state index contributed by atoms with van der Waals surface area (Å²) in [7, 11) is -0.910. The van der Waals surface area contributed by atoms with Crippen molar-refractivity contribution < 1.29 is 13.2 Å². The van der Waals surface area contributed by atoms with E-state index in [-0.39, 0.29) is 17.1 Å². The van der Waals surface area contributed by atoms with Crippen LogP contribution < -0.4 is 10.9 Å². The number of anilines is 1. The third kappa shape index (κ3) is 3.74. The van der Waals surface area contributed by atoms with Gasteiger partial charge in [-0.25, -0.2) is 17.4 Å². The average molecular weight is 386 g/mol. The molecule has 0 fully saturated rings. The van der Waals surface area contributed by atoms with Crippen LogP contribution >= 0.6 is 0 Å². The molecule has 8 nitrogen and oxygen atoms in total. The van der Waals surface area contributed by atoms with Gasteiger partial charge in [0.15, 0.2) is 0 Å². The number of carbonyl (C=O) groups is 1. The van der Waals surface area contributed by atoms with Gasteiger partial charge in [0.2, 0.25) is 15.9 Å². The number of para-hydroxylation sites is 1. The molecule has 0 saturated heterocycles. The van der Waals surface area contributed by atoms with Crippen LogP contribution in [0.1, 0.15) is 0 Å². The summed E-state index contributed by atoms with van der Waals surface area (Å²) in [6, 6.07) is 13.0. The fourth-order valence-corrected chi connectivity index (χ4v) is 3.60. The summed E-state index contributed by atoms with van der Waals surface area (Å²) in [5, 5.41) is 7.69. The third-order valence-electron chi connectivity index (χ3n) is 3.97. The third-order valence-corrected chi connectivity index (χ3v) is 5.85. The second kappa shape index (κ2) is 7.29. The molecule has 0 radical (unpaired) electrons. The first-order chi connectivity index (χ1) is 12.8. The lowest BCUT2D eigenvalue weighted by atomic mass is 10.2. The average Bonchev–Trinajstić information content (AvgIpc) is 2.64. The second-order valence-corrected chi connectivity index (χ2v) is 8.15. The number of fused-ring (bicyclic) bond motifs is 1. The molecule has 1 aromatic heterocycles. The maximum atomic E-state index is 12.4. The van der Waals surface area contributed by atoms with Crippen molar-refractivity contribution in [2.45, 2.75) is 11.4 Å². The van der Waals surface area contributed by atoms with E-state index >= 15 is 0 Å².